The lowest BCUT2D eigenvalue weighted by molar-refractivity contribution is 0.164. The number of pyridine rings is 1. The first-order valence-electron chi connectivity index (χ1n) is 6.20. The van der Waals surface area contributed by atoms with E-state index in [0.717, 1.165) is 29.8 Å². The van der Waals surface area contributed by atoms with Gasteiger partial charge < -0.3 is 10.0 Å². The van der Waals surface area contributed by atoms with Gasteiger partial charge >= 0.3 is 0 Å². The summed E-state index contributed by atoms with van der Waals surface area (Å²) in [6, 6.07) is 10.1. The Bertz CT molecular complexity index is 568. The average molecular weight is 240 g/mol. The van der Waals surface area contributed by atoms with E-state index in [-0.39, 0.29) is 0 Å². The van der Waals surface area contributed by atoms with Gasteiger partial charge in [0.1, 0.15) is 0 Å². The minimum absolute atomic E-state index is 0.571. The quantitative estimate of drug-likeness (QED) is 0.831. The van der Waals surface area contributed by atoms with E-state index in [4.69, 9.17) is 0 Å². The van der Waals surface area contributed by atoms with Crippen molar-refractivity contribution in [1.82, 2.24) is 4.98 Å². The molecule has 3 nitrogen and oxygen atoms in total. The van der Waals surface area contributed by atoms with Crippen molar-refractivity contribution in [3.8, 4) is 0 Å². The van der Waals surface area contributed by atoms with Crippen LogP contribution < -0.4 is 4.90 Å². The van der Waals surface area contributed by atoms with E-state index in [0.29, 0.717) is 0 Å². The molecule has 0 radical (unpaired) electrons. The van der Waals surface area contributed by atoms with Gasteiger partial charge in [0.15, 0.2) is 6.23 Å². The third-order valence-electron chi connectivity index (χ3n) is 3.57. The molecule has 1 aromatic heterocycles. The summed E-state index contributed by atoms with van der Waals surface area (Å²) in [6.07, 6.45) is 4.00. The normalized spacial score (nSPS) is 18.6. The third kappa shape index (κ3) is 1.77. The molecule has 0 saturated carbocycles. The molecule has 1 atom stereocenters. The van der Waals surface area contributed by atoms with Crippen LogP contribution in [0.2, 0.25) is 0 Å². The van der Waals surface area contributed by atoms with Crippen LogP contribution in [0, 0.1) is 6.92 Å². The summed E-state index contributed by atoms with van der Waals surface area (Å²) in [6.45, 7) is 2.87. The SMILES string of the molecule is Cc1ccncc1N1CCc2ccccc2C1O. The maximum atomic E-state index is 10.5. The first kappa shape index (κ1) is 11.2. The Kier molecular flexibility index (Phi) is 2.76. The van der Waals surface area contributed by atoms with Crippen LogP contribution in [0.25, 0.3) is 0 Å². The van der Waals surface area contributed by atoms with Gasteiger partial charge in [-0.3, -0.25) is 4.98 Å². The molecule has 18 heavy (non-hydrogen) atoms. The monoisotopic (exact) mass is 240 g/mol. The summed E-state index contributed by atoms with van der Waals surface area (Å²) in [5, 5.41) is 10.5. The van der Waals surface area contributed by atoms with E-state index in [1.807, 2.05) is 42.3 Å². The highest BCUT2D eigenvalue weighted by Gasteiger charge is 2.26. The molecule has 2 heterocycles. The summed E-state index contributed by atoms with van der Waals surface area (Å²) in [5.41, 5.74) is 4.40. The maximum Gasteiger partial charge on any atom is 0.153 e. The molecule has 0 saturated heterocycles. The number of hydrogen-bond donors (Lipinski definition) is 1. The Morgan fingerprint density at radius 2 is 2.11 bits per heavy atom. The fourth-order valence-corrected chi connectivity index (χ4v) is 2.55. The standard InChI is InChI=1S/C15H16N2O/c1-11-6-8-16-10-14(11)17-9-7-12-4-2-3-5-13(12)15(17)18/h2-6,8,10,15,18H,7,9H2,1H3. The van der Waals surface area contributed by atoms with E-state index < -0.39 is 6.23 Å². The lowest BCUT2D eigenvalue weighted by atomic mass is 9.97. The molecule has 1 aliphatic rings. The van der Waals surface area contributed by atoms with Gasteiger partial charge in [-0.15, -0.1) is 0 Å². The molecule has 1 aromatic carbocycles. The van der Waals surface area contributed by atoms with E-state index in [1.54, 1.807) is 6.20 Å². The number of anilines is 1. The van der Waals surface area contributed by atoms with Crippen molar-refractivity contribution in [2.24, 2.45) is 0 Å². The summed E-state index contributed by atoms with van der Waals surface area (Å²) in [5.74, 6) is 0. The number of aromatic nitrogens is 1. The largest absolute Gasteiger partial charge is 0.369 e. The van der Waals surface area contributed by atoms with Gasteiger partial charge in [0.2, 0.25) is 0 Å². The van der Waals surface area contributed by atoms with Crippen LogP contribution in [0.5, 0.6) is 0 Å². The number of rotatable bonds is 1. The minimum Gasteiger partial charge on any atom is -0.369 e. The second-order valence-electron chi connectivity index (χ2n) is 4.68. The molecule has 92 valence electrons. The van der Waals surface area contributed by atoms with Crippen LogP contribution in [0.4, 0.5) is 5.69 Å². The lowest BCUT2D eigenvalue weighted by Crippen LogP contribution is -2.35. The second kappa shape index (κ2) is 4.42. The van der Waals surface area contributed by atoms with E-state index in [2.05, 4.69) is 11.1 Å². The predicted octanol–water partition coefficient (Wildman–Crippen LogP) is 2.44. The van der Waals surface area contributed by atoms with Crippen LogP contribution in [-0.4, -0.2) is 16.6 Å². The molecule has 0 bridgehead atoms. The van der Waals surface area contributed by atoms with Crippen molar-refractivity contribution in [2.45, 2.75) is 19.6 Å². The molecular formula is C15H16N2O. The van der Waals surface area contributed by atoms with Crippen molar-refractivity contribution in [2.75, 3.05) is 11.4 Å². The van der Waals surface area contributed by atoms with Crippen molar-refractivity contribution >= 4 is 5.69 Å². The molecular weight excluding hydrogens is 224 g/mol. The fraction of sp³-hybridized carbons (Fsp3) is 0.267. The molecule has 0 amide bonds. The van der Waals surface area contributed by atoms with Gasteiger partial charge in [0.25, 0.3) is 0 Å². The zero-order valence-electron chi connectivity index (χ0n) is 10.4. The second-order valence-corrected chi connectivity index (χ2v) is 4.68. The van der Waals surface area contributed by atoms with Gasteiger partial charge in [0.05, 0.1) is 11.9 Å². The van der Waals surface area contributed by atoms with Crippen LogP contribution >= 0.6 is 0 Å². The molecule has 3 rings (SSSR count). The van der Waals surface area contributed by atoms with Crippen LogP contribution in [0.1, 0.15) is 22.9 Å². The van der Waals surface area contributed by atoms with Crippen LogP contribution in [0.15, 0.2) is 42.7 Å². The van der Waals surface area contributed by atoms with E-state index >= 15 is 0 Å². The van der Waals surface area contributed by atoms with Gasteiger partial charge in [-0.05, 0) is 30.5 Å². The van der Waals surface area contributed by atoms with Crippen molar-refractivity contribution in [3.05, 3.63) is 59.4 Å². The topological polar surface area (TPSA) is 36.4 Å². The van der Waals surface area contributed by atoms with Gasteiger partial charge in [-0.25, -0.2) is 0 Å². The van der Waals surface area contributed by atoms with Gasteiger partial charge in [-0.2, -0.15) is 0 Å². The summed E-state index contributed by atoms with van der Waals surface area (Å²) in [4.78, 5) is 6.18. The average Bonchev–Trinajstić information content (AvgIpc) is 2.41. The lowest BCUT2D eigenvalue weighted by Gasteiger charge is -2.36. The Balaban J connectivity index is 2.00. The number of hydrogen-bond acceptors (Lipinski definition) is 3. The Morgan fingerprint density at radius 3 is 2.94 bits per heavy atom. The zero-order chi connectivity index (χ0) is 12.5. The highest BCUT2D eigenvalue weighted by molar-refractivity contribution is 5.54. The van der Waals surface area contributed by atoms with Crippen LogP contribution in [0.3, 0.4) is 0 Å². The summed E-state index contributed by atoms with van der Waals surface area (Å²) >= 11 is 0. The number of aliphatic hydroxyl groups excluding tert-OH is 1. The number of nitrogens with zero attached hydrogens (tertiary/aromatic N) is 2. The highest BCUT2D eigenvalue weighted by atomic mass is 16.3. The zero-order valence-corrected chi connectivity index (χ0v) is 10.4. The molecule has 1 unspecified atom stereocenters. The van der Waals surface area contributed by atoms with Crippen molar-refractivity contribution in [3.63, 3.8) is 0 Å². The highest BCUT2D eigenvalue weighted by Crippen LogP contribution is 2.32. The smallest absolute Gasteiger partial charge is 0.153 e. The third-order valence-corrected chi connectivity index (χ3v) is 3.57. The summed E-state index contributed by atoms with van der Waals surface area (Å²) < 4.78 is 0. The van der Waals surface area contributed by atoms with Crippen molar-refractivity contribution in [1.29, 1.82) is 0 Å². The van der Waals surface area contributed by atoms with Gasteiger partial charge in [0, 0.05) is 18.3 Å². The first-order valence-corrected chi connectivity index (χ1v) is 6.20. The Morgan fingerprint density at radius 1 is 1.28 bits per heavy atom. The van der Waals surface area contributed by atoms with Crippen molar-refractivity contribution < 1.29 is 5.11 Å². The van der Waals surface area contributed by atoms with E-state index in [9.17, 15) is 5.11 Å². The maximum absolute atomic E-state index is 10.5. The number of benzene rings is 1. The van der Waals surface area contributed by atoms with Gasteiger partial charge in [-0.1, -0.05) is 24.3 Å². The fourth-order valence-electron chi connectivity index (χ4n) is 2.55. The molecule has 0 fully saturated rings. The molecule has 1 N–H and O–H groups in total. The predicted molar refractivity (Wildman–Crippen MR) is 71.4 cm³/mol. The Hall–Kier alpha value is -1.87. The van der Waals surface area contributed by atoms with E-state index in [1.165, 1.54) is 5.56 Å². The summed E-state index contributed by atoms with van der Waals surface area (Å²) in [7, 11) is 0. The minimum atomic E-state index is -0.571. The first-order chi connectivity index (χ1) is 8.77. The number of aliphatic hydroxyl groups is 1. The number of fused-ring (bicyclic) bond motifs is 1. The molecule has 2 aromatic rings. The number of aryl methyl sites for hydroxylation is 1. The molecule has 3 heteroatoms. The molecule has 1 aliphatic heterocycles. The molecule has 0 aliphatic carbocycles. The molecule has 0 spiro atoms. The Labute approximate surface area is 107 Å². The van der Waals surface area contributed by atoms with Crippen LogP contribution in [-0.2, 0) is 6.42 Å².